The topological polar surface area (TPSA) is 35.5 Å². The van der Waals surface area contributed by atoms with E-state index in [4.69, 9.17) is 11.6 Å². The van der Waals surface area contributed by atoms with Crippen LogP contribution >= 0.6 is 11.6 Å². The van der Waals surface area contributed by atoms with Gasteiger partial charge in [0.1, 0.15) is 0 Å². The Morgan fingerprint density at radius 2 is 1.95 bits per heavy atom. The summed E-state index contributed by atoms with van der Waals surface area (Å²) in [5.74, 6) is 0.722. The van der Waals surface area contributed by atoms with E-state index in [0.29, 0.717) is 0 Å². The third-order valence-corrected chi connectivity index (χ3v) is 4.66. The highest BCUT2D eigenvalue weighted by molar-refractivity contribution is 6.31. The number of nitrogens with zero attached hydrogens (tertiary/aromatic N) is 1. The first-order valence-electron chi connectivity index (χ1n) is 7.94. The van der Waals surface area contributed by atoms with E-state index in [1.54, 1.807) is 0 Å². The minimum Gasteiger partial charge on any atom is -0.392 e. The van der Waals surface area contributed by atoms with Gasteiger partial charge < -0.3 is 15.3 Å². The zero-order valence-electron chi connectivity index (χ0n) is 13.1. The maximum absolute atomic E-state index is 9.43. The van der Waals surface area contributed by atoms with Gasteiger partial charge in [0.2, 0.25) is 0 Å². The Morgan fingerprint density at radius 1 is 1.29 bits per heavy atom. The predicted molar refractivity (Wildman–Crippen MR) is 88.7 cm³/mol. The number of benzene rings is 1. The average molecular weight is 311 g/mol. The Bertz CT molecular complexity index is 431. The number of halogens is 1. The van der Waals surface area contributed by atoms with Crippen molar-refractivity contribution in [3.8, 4) is 0 Å². The van der Waals surface area contributed by atoms with Crippen LogP contribution in [0.1, 0.15) is 38.3 Å². The van der Waals surface area contributed by atoms with E-state index in [-0.39, 0.29) is 12.1 Å². The van der Waals surface area contributed by atoms with Crippen LogP contribution in [0, 0.1) is 5.92 Å². The number of piperidine rings is 1. The molecule has 0 aromatic heterocycles. The van der Waals surface area contributed by atoms with Crippen molar-refractivity contribution in [2.24, 2.45) is 5.92 Å². The maximum atomic E-state index is 9.43. The number of hydrogen-bond donors (Lipinski definition) is 2. The normalized spacial score (nSPS) is 20.4. The van der Waals surface area contributed by atoms with Crippen molar-refractivity contribution in [3.63, 3.8) is 0 Å². The fourth-order valence-corrected chi connectivity index (χ4v) is 3.33. The van der Waals surface area contributed by atoms with Crippen molar-refractivity contribution in [3.05, 3.63) is 34.9 Å². The third kappa shape index (κ3) is 5.26. The molecule has 0 spiro atoms. The fourth-order valence-electron chi connectivity index (χ4n) is 3.03. The summed E-state index contributed by atoms with van der Waals surface area (Å²) in [6.45, 7) is 8.06. The molecule has 1 aliphatic heterocycles. The summed E-state index contributed by atoms with van der Waals surface area (Å²) in [5, 5.41) is 13.9. The summed E-state index contributed by atoms with van der Waals surface area (Å²) in [5.41, 5.74) is 1.17. The van der Waals surface area contributed by atoms with Crippen molar-refractivity contribution in [1.29, 1.82) is 0 Å². The van der Waals surface area contributed by atoms with Crippen LogP contribution in [0.2, 0.25) is 5.02 Å². The lowest BCUT2D eigenvalue weighted by Crippen LogP contribution is -2.40. The summed E-state index contributed by atoms with van der Waals surface area (Å²) < 4.78 is 0. The standard InChI is InChI=1S/C17H27ClN2O/c1-13(21)12-20-9-7-15(8-10-20)11-19-14(2)16-5-3-4-6-17(16)18/h3-6,13-15,19,21H,7-12H2,1-2H3/t13-,14-/m1/s1. The zero-order chi connectivity index (χ0) is 15.2. The second-order valence-corrected chi connectivity index (χ2v) is 6.65. The number of likely N-dealkylation sites (tertiary alicyclic amines) is 1. The fraction of sp³-hybridized carbons (Fsp3) is 0.647. The molecule has 1 heterocycles. The molecule has 2 atom stereocenters. The maximum Gasteiger partial charge on any atom is 0.0639 e. The number of hydrogen-bond acceptors (Lipinski definition) is 3. The highest BCUT2D eigenvalue weighted by Gasteiger charge is 2.20. The molecule has 0 radical (unpaired) electrons. The van der Waals surface area contributed by atoms with Gasteiger partial charge in [-0.05, 0) is 63.9 Å². The molecule has 3 nitrogen and oxygen atoms in total. The number of aliphatic hydroxyl groups excluding tert-OH is 1. The van der Waals surface area contributed by atoms with E-state index in [9.17, 15) is 5.11 Å². The van der Waals surface area contributed by atoms with Crippen LogP contribution in [0.3, 0.4) is 0 Å². The van der Waals surface area contributed by atoms with Gasteiger partial charge in [-0.15, -0.1) is 0 Å². The molecule has 21 heavy (non-hydrogen) atoms. The van der Waals surface area contributed by atoms with Gasteiger partial charge in [-0.1, -0.05) is 29.8 Å². The molecule has 118 valence electrons. The highest BCUT2D eigenvalue weighted by atomic mass is 35.5. The second kappa shape index (κ2) is 8.14. The van der Waals surface area contributed by atoms with Gasteiger partial charge in [0, 0.05) is 17.6 Å². The number of aliphatic hydroxyl groups is 1. The quantitative estimate of drug-likeness (QED) is 0.847. The number of nitrogens with one attached hydrogen (secondary N) is 1. The van der Waals surface area contributed by atoms with Crippen LogP contribution in [0.5, 0.6) is 0 Å². The second-order valence-electron chi connectivity index (χ2n) is 6.24. The van der Waals surface area contributed by atoms with E-state index in [0.717, 1.165) is 37.1 Å². The van der Waals surface area contributed by atoms with Gasteiger partial charge in [0.15, 0.2) is 0 Å². The zero-order valence-corrected chi connectivity index (χ0v) is 13.8. The van der Waals surface area contributed by atoms with E-state index in [1.165, 1.54) is 18.4 Å². The van der Waals surface area contributed by atoms with Gasteiger partial charge in [-0.25, -0.2) is 0 Å². The SMILES string of the molecule is C[C@@H](O)CN1CCC(CN[C@H](C)c2ccccc2Cl)CC1. The number of rotatable bonds is 6. The molecule has 1 aliphatic rings. The molecule has 0 bridgehead atoms. The van der Waals surface area contributed by atoms with Crippen LogP contribution in [-0.4, -0.2) is 42.3 Å². The molecule has 1 aromatic rings. The molecular weight excluding hydrogens is 284 g/mol. The summed E-state index contributed by atoms with van der Waals surface area (Å²) in [7, 11) is 0. The summed E-state index contributed by atoms with van der Waals surface area (Å²) in [6, 6.07) is 8.33. The van der Waals surface area contributed by atoms with Crippen molar-refractivity contribution in [1.82, 2.24) is 10.2 Å². The molecule has 1 aromatic carbocycles. The van der Waals surface area contributed by atoms with Crippen LogP contribution < -0.4 is 5.32 Å². The monoisotopic (exact) mass is 310 g/mol. The Hall–Kier alpha value is -0.610. The molecule has 0 unspecified atom stereocenters. The Kier molecular flexibility index (Phi) is 6.49. The van der Waals surface area contributed by atoms with Crippen molar-refractivity contribution < 1.29 is 5.11 Å². The van der Waals surface area contributed by atoms with E-state index >= 15 is 0 Å². The summed E-state index contributed by atoms with van der Waals surface area (Å²) in [6.07, 6.45) is 2.18. The smallest absolute Gasteiger partial charge is 0.0639 e. The molecule has 0 saturated carbocycles. The van der Waals surface area contributed by atoms with Crippen molar-refractivity contribution >= 4 is 11.6 Å². The van der Waals surface area contributed by atoms with E-state index in [2.05, 4.69) is 23.2 Å². The van der Waals surface area contributed by atoms with Crippen LogP contribution in [0.25, 0.3) is 0 Å². The lowest BCUT2D eigenvalue weighted by Gasteiger charge is -2.33. The number of β-amino-alcohol motifs (C(OH)–C–C–N with tert-alkyl or cyclic N) is 1. The molecule has 1 fully saturated rings. The molecule has 2 N–H and O–H groups in total. The van der Waals surface area contributed by atoms with Gasteiger partial charge in [0.05, 0.1) is 6.10 Å². The van der Waals surface area contributed by atoms with E-state index < -0.39 is 0 Å². The largest absolute Gasteiger partial charge is 0.392 e. The molecule has 4 heteroatoms. The minimum absolute atomic E-state index is 0.222. The van der Waals surface area contributed by atoms with Crippen LogP contribution in [-0.2, 0) is 0 Å². The van der Waals surface area contributed by atoms with Crippen molar-refractivity contribution in [2.45, 2.75) is 38.8 Å². The lowest BCUT2D eigenvalue weighted by molar-refractivity contribution is 0.0994. The Balaban J connectivity index is 1.73. The first-order chi connectivity index (χ1) is 10.1. The first kappa shape index (κ1) is 16.8. The van der Waals surface area contributed by atoms with E-state index in [1.807, 2.05) is 25.1 Å². The Labute approximate surface area is 133 Å². The summed E-state index contributed by atoms with van der Waals surface area (Å²) in [4.78, 5) is 2.36. The minimum atomic E-state index is -0.222. The predicted octanol–water partition coefficient (Wildman–Crippen LogP) is 3.08. The molecule has 0 aliphatic carbocycles. The molecule has 0 amide bonds. The van der Waals surface area contributed by atoms with Gasteiger partial charge in [-0.2, -0.15) is 0 Å². The third-order valence-electron chi connectivity index (χ3n) is 4.31. The van der Waals surface area contributed by atoms with Gasteiger partial charge in [-0.3, -0.25) is 0 Å². The Morgan fingerprint density at radius 3 is 2.57 bits per heavy atom. The molecular formula is C17H27ClN2O. The van der Waals surface area contributed by atoms with Crippen LogP contribution in [0.4, 0.5) is 0 Å². The lowest BCUT2D eigenvalue weighted by atomic mass is 9.96. The molecule has 1 saturated heterocycles. The molecule has 2 rings (SSSR count). The van der Waals surface area contributed by atoms with Gasteiger partial charge in [0.25, 0.3) is 0 Å². The summed E-state index contributed by atoms with van der Waals surface area (Å²) >= 11 is 6.24. The van der Waals surface area contributed by atoms with Gasteiger partial charge >= 0.3 is 0 Å². The van der Waals surface area contributed by atoms with Crippen LogP contribution in [0.15, 0.2) is 24.3 Å². The first-order valence-corrected chi connectivity index (χ1v) is 8.32. The highest BCUT2D eigenvalue weighted by Crippen LogP contribution is 2.23. The van der Waals surface area contributed by atoms with Crippen molar-refractivity contribution in [2.75, 3.05) is 26.2 Å². The average Bonchev–Trinajstić information content (AvgIpc) is 2.46.